The Morgan fingerprint density at radius 1 is 1.41 bits per heavy atom. The van der Waals surface area contributed by atoms with Gasteiger partial charge in [-0.15, -0.1) is 0 Å². The third-order valence-electron chi connectivity index (χ3n) is 2.48. The number of aromatic carboxylic acids is 1. The molecule has 0 saturated carbocycles. The predicted octanol–water partition coefficient (Wildman–Crippen LogP) is 3.46. The summed E-state index contributed by atoms with van der Waals surface area (Å²) in [6.07, 6.45) is 3.53. The van der Waals surface area contributed by atoms with Gasteiger partial charge in [0.05, 0.1) is 11.3 Å². The maximum Gasteiger partial charge on any atom is 0.338 e. The van der Waals surface area contributed by atoms with Gasteiger partial charge in [-0.2, -0.15) is 0 Å². The number of benzene rings is 1. The van der Waals surface area contributed by atoms with E-state index in [0.717, 1.165) is 16.5 Å². The Labute approximate surface area is 99.1 Å². The molecule has 2 aromatic rings. The van der Waals surface area contributed by atoms with Gasteiger partial charge < -0.3 is 10.1 Å². The topological polar surface area (TPSA) is 53.1 Å². The van der Waals surface area contributed by atoms with Crippen LogP contribution in [0.3, 0.4) is 0 Å². The maximum absolute atomic E-state index is 11.3. The number of para-hydroxylation sites is 1. The molecule has 3 heteroatoms. The molecule has 0 saturated heterocycles. The van der Waals surface area contributed by atoms with Crippen molar-refractivity contribution in [1.82, 2.24) is 4.98 Å². The smallest absolute Gasteiger partial charge is 0.338 e. The van der Waals surface area contributed by atoms with Crippen LogP contribution < -0.4 is 0 Å². The highest BCUT2D eigenvalue weighted by Crippen LogP contribution is 2.23. The SMILES string of the molecule is C=C(C)C=Cc1[nH]c2ccccc2c1C(=O)O. The molecule has 86 valence electrons. The van der Waals surface area contributed by atoms with Gasteiger partial charge in [0.2, 0.25) is 0 Å². The zero-order valence-electron chi connectivity index (χ0n) is 9.53. The third kappa shape index (κ3) is 2.13. The van der Waals surface area contributed by atoms with E-state index in [2.05, 4.69) is 11.6 Å². The molecule has 1 heterocycles. The molecule has 0 unspecified atom stereocenters. The van der Waals surface area contributed by atoms with Crippen molar-refractivity contribution in [1.29, 1.82) is 0 Å². The minimum Gasteiger partial charge on any atom is -0.478 e. The predicted molar refractivity (Wildman–Crippen MR) is 69.1 cm³/mol. The normalized spacial score (nSPS) is 11.1. The van der Waals surface area contributed by atoms with Crippen molar-refractivity contribution in [2.75, 3.05) is 0 Å². The fraction of sp³-hybridized carbons (Fsp3) is 0.0714. The zero-order valence-corrected chi connectivity index (χ0v) is 9.53. The summed E-state index contributed by atoms with van der Waals surface area (Å²) in [5, 5.41) is 9.96. The highest BCUT2D eigenvalue weighted by Gasteiger charge is 2.15. The van der Waals surface area contributed by atoms with Gasteiger partial charge in [-0.05, 0) is 19.1 Å². The van der Waals surface area contributed by atoms with E-state index in [0.29, 0.717) is 11.3 Å². The maximum atomic E-state index is 11.3. The number of carbonyl (C=O) groups is 1. The second kappa shape index (κ2) is 4.29. The summed E-state index contributed by atoms with van der Waals surface area (Å²) < 4.78 is 0. The number of aromatic nitrogens is 1. The number of fused-ring (bicyclic) bond motifs is 1. The summed E-state index contributed by atoms with van der Waals surface area (Å²) in [6, 6.07) is 7.36. The van der Waals surface area contributed by atoms with Crippen molar-refractivity contribution in [3.63, 3.8) is 0 Å². The second-order valence-electron chi connectivity index (χ2n) is 3.94. The fourth-order valence-electron chi connectivity index (χ4n) is 1.74. The van der Waals surface area contributed by atoms with E-state index in [4.69, 9.17) is 0 Å². The van der Waals surface area contributed by atoms with Crippen LogP contribution in [0.5, 0.6) is 0 Å². The molecule has 0 radical (unpaired) electrons. The Morgan fingerprint density at radius 2 is 2.12 bits per heavy atom. The van der Waals surface area contributed by atoms with Crippen molar-refractivity contribution in [2.24, 2.45) is 0 Å². The molecule has 0 amide bonds. The summed E-state index contributed by atoms with van der Waals surface area (Å²) in [5.74, 6) is -0.927. The summed E-state index contributed by atoms with van der Waals surface area (Å²) in [4.78, 5) is 14.4. The van der Waals surface area contributed by atoms with Gasteiger partial charge in [0.1, 0.15) is 0 Å². The minimum atomic E-state index is -0.927. The average Bonchev–Trinajstić information content (AvgIpc) is 2.64. The molecule has 0 fully saturated rings. The molecule has 1 aromatic heterocycles. The van der Waals surface area contributed by atoms with E-state index in [1.165, 1.54) is 0 Å². The van der Waals surface area contributed by atoms with E-state index in [-0.39, 0.29) is 0 Å². The van der Waals surface area contributed by atoms with Crippen LogP contribution in [0.25, 0.3) is 17.0 Å². The quantitative estimate of drug-likeness (QED) is 0.789. The molecule has 0 aliphatic rings. The van der Waals surface area contributed by atoms with Crippen molar-refractivity contribution in [3.05, 3.63) is 53.8 Å². The van der Waals surface area contributed by atoms with Crippen LogP contribution in [0.2, 0.25) is 0 Å². The molecule has 2 rings (SSSR count). The molecule has 3 nitrogen and oxygen atoms in total. The van der Waals surface area contributed by atoms with E-state index in [1.54, 1.807) is 18.2 Å². The average molecular weight is 227 g/mol. The number of allylic oxidation sites excluding steroid dienone is 2. The first-order valence-corrected chi connectivity index (χ1v) is 5.27. The lowest BCUT2D eigenvalue weighted by atomic mass is 10.1. The molecule has 0 aliphatic heterocycles. The number of nitrogens with one attached hydrogen (secondary N) is 1. The molecule has 0 atom stereocenters. The summed E-state index contributed by atoms with van der Waals surface area (Å²) in [6.45, 7) is 5.61. The van der Waals surface area contributed by atoms with Gasteiger partial charge in [-0.1, -0.05) is 36.4 Å². The van der Waals surface area contributed by atoms with E-state index in [1.807, 2.05) is 25.1 Å². The van der Waals surface area contributed by atoms with Crippen LogP contribution in [0.15, 0.2) is 42.5 Å². The van der Waals surface area contributed by atoms with Gasteiger partial charge in [0.25, 0.3) is 0 Å². The fourth-order valence-corrected chi connectivity index (χ4v) is 1.74. The van der Waals surface area contributed by atoms with E-state index >= 15 is 0 Å². The van der Waals surface area contributed by atoms with Crippen molar-refractivity contribution < 1.29 is 9.90 Å². The Morgan fingerprint density at radius 3 is 2.76 bits per heavy atom. The number of hydrogen-bond acceptors (Lipinski definition) is 1. The molecular formula is C14H13NO2. The van der Waals surface area contributed by atoms with Crippen LogP contribution in [-0.2, 0) is 0 Å². The number of carboxylic acids is 1. The Hall–Kier alpha value is -2.29. The highest BCUT2D eigenvalue weighted by atomic mass is 16.4. The van der Waals surface area contributed by atoms with Gasteiger partial charge in [-0.25, -0.2) is 4.79 Å². The zero-order chi connectivity index (χ0) is 12.4. The van der Waals surface area contributed by atoms with Crippen molar-refractivity contribution >= 4 is 22.9 Å². The molecule has 0 spiro atoms. The number of aromatic amines is 1. The number of rotatable bonds is 3. The lowest BCUT2D eigenvalue weighted by molar-refractivity contribution is 0.0699. The van der Waals surface area contributed by atoms with Crippen LogP contribution in [0, 0.1) is 0 Å². The first kappa shape index (κ1) is 11.2. The number of hydrogen-bond donors (Lipinski definition) is 2. The highest BCUT2D eigenvalue weighted by molar-refractivity contribution is 6.06. The number of carboxylic acid groups (broad SMARTS) is 1. The molecule has 2 N–H and O–H groups in total. The van der Waals surface area contributed by atoms with Crippen LogP contribution >= 0.6 is 0 Å². The van der Waals surface area contributed by atoms with Crippen LogP contribution in [0.1, 0.15) is 23.0 Å². The largest absolute Gasteiger partial charge is 0.478 e. The Kier molecular flexibility index (Phi) is 2.83. The van der Waals surface area contributed by atoms with Crippen LogP contribution in [-0.4, -0.2) is 16.1 Å². The Balaban J connectivity index is 2.66. The first-order valence-electron chi connectivity index (χ1n) is 5.27. The third-order valence-corrected chi connectivity index (χ3v) is 2.48. The first-order chi connectivity index (χ1) is 8.09. The minimum absolute atomic E-state index is 0.304. The number of H-pyrrole nitrogens is 1. The van der Waals surface area contributed by atoms with Gasteiger partial charge >= 0.3 is 5.97 Å². The standard InChI is InChI=1S/C14H13NO2/c1-9(2)7-8-12-13(14(16)17)10-5-3-4-6-11(10)15-12/h3-8,15H,1H2,2H3,(H,16,17). The van der Waals surface area contributed by atoms with Crippen LogP contribution in [0.4, 0.5) is 0 Å². The van der Waals surface area contributed by atoms with Crippen molar-refractivity contribution in [2.45, 2.75) is 6.92 Å². The monoisotopic (exact) mass is 227 g/mol. The summed E-state index contributed by atoms with van der Waals surface area (Å²) >= 11 is 0. The molecule has 1 aromatic carbocycles. The summed E-state index contributed by atoms with van der Waals surface area (Å²) in [5.41, 5.74) is 2.60. The second-order valence-corrected chi connectivity index (χ2v) is 3.94. The molecule has 0 bridgehead atoms. The lowest BCUT2D eigenvalue weighted by Crippen LogP contribution is -1.97. The van der Waals surface area contributed by atoms with Crippen molar-refractivity contribution in [3.8, 4) is 0 Å². The van der Waals surface area contributed by atoms with Gasteiger partial charge in [0, 0.05) is 10.9 Å². The summed E-state index contributed by atoms with van der Waals surface area (Å²) in [7, 11) is 0. The van der Waals surface area contributed by atoms with Gasteiger partial charge in [0.15, 0.2) is 0 Å². The van der Waals surface area contributed by atoms with E-state index < -0.39 is 5.97 Å². The van der Waals surface area contributed by atoms with E-state index in [9.17, 15) is 9.90 Å². The van der Waals surface area contributed by atoms with Gasteiger partial charge in [-0.3, -0.25) is 0 Å². The Bertz CT molecular complexity index is 620. The molecule has 0 aliphatic carbocycles. The molecular weight excluding hydrogens is 214 g/mol. The lowest BCUT2D eigenvalue weighted by Gasteiger charge is -1.94. The molecule has 17 heavy (non-hydrogen) atoms.